The van der Waals surface area contributed by atoms with Crippen LogP contribution in [0.5, 0.6) is 0 Å². The van der Waals surface area contributed by atoms with Crippen LogP contribution in [0.2, 0.25) is 5.02 Å². The zero-order valence-electron chi connectivity index (χ0n) is 13.1. The van der Waals surface area contributed by atoms with Gasteiger partial charge in [-0.2, -0.15) is 26.3 Å². The molecule has 0 amide bonds. The molecule has 0 saturated carbocycles. The number of alkyl halides is 6. The topological polar surface area (TPSA) is 15.3 Å². The van der Waals surface area contributed by atoms with Gasteiger partial charge >= 0.3 is 12.4 Å². The molecule has 1 aromatic carbocycles. The van der Waals surface area contributed by atoms with Crippen molar-refractivity contribution >= 4 is 24.0 Å². The fourth-order valence-corrected chi connectivity index (χ4v) is 3.12. The molecule has 2 nitrogen and oxygen atoms in total. The number of benzene rings is 1. The number of rotatable bonds is 4. The van der Waals surface area contributed by atoms with Gasteiger partial charge in [0.25, 0.3) is 0 Å². The van der Waals surface area contributed by atoms with Gasteiger partial charge in [0.2, 0.25) is 0 Å². The summed E-state index contributed by atoms with van der Waals surface area (Å²) in [7, 11) is 0. The van der Waals surface area contributed by atoms with E-state index >= 15 is 0 Å². The fraction of sp³-hybridized carbons (Fsp3) is 0.600. The number of nitrogens with one attached hydrogen (secondary N) is 1. The summed E-state index contributed by atoms with van der Waals surface area (Å²) in [6.45, 7) is 2.30. The molecule has 1 N–H and O–H groups in total. The fourth-order valence-electron chi connectivity index (χ4n) is 2.82. The van der Waals surface area contributed by atoms with Gasteiger partial charge in [0, 0.05) is 38.6 Å². The molecule has 0 spiro atoms. The zero-order valence-corrected chi connectivity index (χ0v) is 14.6. The van der Waals surface area contributed by atoms with Crippen LogP contribution in [0.4, 0.5) is 26.3 Å². The summed E-state index contributed by atoms with van der Waals surface area (Å²) in [5.41, 5.74) is -0.609. The molecule has 0 bridgehead atoms. The van der Waals surface area contributed by atoms with Gasteiger partial charge in [-0.3, -0.25) is 4.90 Å². The van der Waals surface area contributed by atoms with E-state index in [2.05, 4.69) is 5.32 Å². The number of piperazine rings is 1. The third-order valence-electron chi connectivity index (χ3n) is 3.98. The van der Waals surface area contributed by atoms with Crippen LogP contribution in [-0.2, 0) is 6.18 Å². The maximum atomic E-state index is 12.8. The summed E-state index contributed by atoms with van der Waals surface area (Å²) in [5.74, 6) is 0. The van der Waals surface area contributed by atoms with Crippen molar-refractivity contribution in [2.75, 3.05) is 26.2 Å². The van der Waals surface area contributed by atoms with E-state index in [0.29, 0.717) is 31.7 Å². The van der Waals surface area contributed by atoms with Gasteiger partial charge in [0.1, 0.15) is 0 Å². The minimum atomic E-state index is -4.59. The molecule has 2 rings (SSSR count). The second kappa shape index (κ2) is 8.79. The summed E-state index contributed by atoms with van der Waals surface area (Å²) in [6, 6.07) is 2.57. The number of halogens is 8. The summed E-state index contributed by atoms with van der Waals surface area (Å²) in [4.78, 5) is 1.85. The molecule has 144 valence electrons. The third-order valence-corrected chi connectivity index (χ3v) is 4.29. The molecule has 1 fully saturated rings. The van der Waals surface area contributed by atoms with Crippen LogP contribution >= 0.6 is 24.0 Å². The minimum absolute atomic E-state index is 0. The first-order valence-corrected chi connectivity index (χ1v) is 7.84. The Morgan fingerprint density at radius 2 is 1.68 bits per heavy atom. The lowest BCUT2D eigenvalue weighted by Crippen LogP contribution is -2.45. The predicted octanol–water partition coefficient (Wildman–Crippen LogP) is 5.07. The van der Waals surface area contributed by atoms with Crippen LogP contribution < -0.4 is 5.32 Å². The monoisotopic (exact) mass is 410 g/mol. The van der Waals surface area contributed by atoms with E-state index in [1.165, 1.54) is 6.07 Å². The lowest BCUT2D eigenvalue weighted by molar-refractivity contribution is -0.138. The van der Waals surface area contributed by atoms with Crippen molar-refractivity contribution in [1.82, 2.24) is 10.2 Å². The van der Waals surface area contributed by atoms with Crippen molar-refractivity contribution in [3.8, 4) is 0 Å². The van der Waals surface area contributed by atoms with Gasteiger partial charge in [-0.25, -0.2) is 0 Å². The van der Waals surface area contributed by atoms with Gasteiger partial charge in [-0.15, -0.1) is 12.4 Å². The average molecular weight is 411 g/mol. The van der Waals surface area contributed by atoms with Crippen LogP contribution in [0, 0.1) is 0 Å². The molecule has 0 aromatic heterocycles. The van der Waals surface area contributed by atoms with Crippen molar-refractivity contribution in [2.45, 2.75) is 31.2 Å². The van der Waals surface area contributed by atoms with Crippen LogP contribution in [0.1, 0.15) is 30.0 Å². The van der Waals surface area contributed by atoms with E-state index in [1.807, 2.05) is 4.90 Å². The van der Waals surface area contributed by atoms with Crippen LogP contribution in [0.25, 0.3) is 0 Å². The highest BCUT2D eigenvalue weighted by molar-refractivity contribution is 6.31. The molecule has 1 aliphatic heterocycles. The largest absolute Gasteiger partial charge is 0.417 e. The van der Waals surface area contributed by atoms with E-state index in [1.54, 1.807) is 0 Å². The summed E-state index contributed by atoms with van der Waals surface area (Å²) in [5, 5.41) is 2.60. The molecular weight excluding hydrogens is 393 g/mol. The number of hydrogen-bond acceptors (Lipinski definition) is 2. The first-order valence-electron chi connectivity index (χ1n) is 7.46. The molecule has 1 atom stereocenters. The second-order valence-electron chi connectivity index (χ2n) is 5.69. The molecule has 1 aromatic rings. The quantitative estimate of drug-likeness (QED) is 0.697. The van der Waals surface area contributed by atoms with Gasteiger partial charge in [0.15, 0.2) is 0 Å². The van der Waals surface area contributed by atoms with Crippen molar-refractivity contribution in [1.29, 1.82) is 0 Å². The van der Waals surface area contributed by atoms with Gasteiger partial charge in [0.05, 0.1) is 10.6 Å². The second-order valence-corrected chi connectivity index (χ2v) is 6.10. The Labute approximate surface area is 152 Å². The van der Waals surface area contributed by atoms with Gasteiger partial charge < -0.3 is 5.32 Å². The van der Waals surface area contributed by atoms with Crippen molar-refractivity contribution in [3.05, 3.63) is 34.3 Å². The van der Waals surface area contributed by atoms with Gasteiger partial charge in [-0.1, -0.05) is 17.7 Å². The summed E-state index contributed by atoms with van der Waals surface area (Å²) < 4.78 is 76.1. The average Bonchev–Trinajstić information content (AvgIpc) is 2.46. The smallest absolute Gasteiger partial charge is 0.314 e. The molecule has 0 radical (unpaired) electrons. The van der Waals surface area contributed by atoms with E-state index in [4.69, 9.17) is 11.6 Å². The highest BCUT2D eigenvalue weighted by Gasteiger charge is 2.35. The Kier molecular flexibility index (Phi) is 7.86. The van der Waals surface area contributed by atoms with Crippen LogP contribution in [0.3, 0.4) is 0 Å². The summed E-state index contributed by atoms with van der Waals surface area (Å²) in [6.07, 6.45) is -10.1. The molecule has 1 heterocycles. The molecule has 1 aliphatic rings. The summed E-state index contributed by atoms with van der Waals surface area (Å²) >= 11 is 5.71. The Balaban J connectivity index is 0.00000312. The Morgan fingerprint density at radius 1 is 1.08 bits per heavy atom. The normalized spacial score (nSPS) is 17.9. The lowest BCUT2D eigenvalue weighted by Gasteiger charge is -2.35. The Morgan fingerprint density at radius 3 is 2.16 bits per heavy atom. The number of hydrogen-bond donors (Lipinski definition) is 1. The van der Waals surface area contributed by atoms with Crippen molar-refractivity contribution < 1.29 is 26.3 Å². The van der Waals surface area contributed by atoms with Crippen molar-refractivity contribution in [3.63, 3.8) is 0 Å². The Hall–Kier alpha value is -0.700. The van der Waals surface area contributed by atoms with E-state index in [9.17, 15) is 26.3 Å². The zero-order chi connectivity index (χ0) is 18.0. The van der Waals surface area contributed by atoms with Crippen LogP contribution in [-0.4, -0.2) is 37.3 Å². The SMILES string of the molecule is Cl.FC(F)(F)CC[C@H](c1ccc(C(F)(F)F)c(Cl)c1)N1CCNCC1. The van der Waals surface area contributed by atoms with E-state index < -0.39 is 35.4 Å². The first kappa shape index (κ1) is 22.3. The molecule has 0 unspecified atom stereocenters. The molecule has 10 heteroatoms. The third kappa shape index (κ3) is 6.51. The van der Waals surface area contributed by atoms with Crippen molar-refractivity contribution in [2.24, 2.45) is 0 Å². The lowest BCUT2D eigenvalue weighted by atomic mass is 9.98. The standard InChI is InChI=1S/C15H17ClF6N2.ClH/c16-12-9-10(1-2-11(12)15(20,21)22)13(3-4-14(17,18)19)24-7-5-23-6-8-24;/h1-2,9,13,23H,3-8H2;1H/t13-;/m1./s1. The first-order chi connectivity index (χ1) is 11.1. The molecule has 25 heavy (non-hydrogen) atoms. The predicted molar refractivity (Wildman–Crippen MR) is 86.2 cm³/mol. The maximum Gasteiger partial charge on any atom is 0.417 e. The minimum Gasteiger partial charge on any atom is -0.314 e. The highest BCUT2D eigenvalue weighted by atomic mass is 35.5. The van der Waals surface area contributed by atoms with E-state index in [0.717, 1.165) is 12.1 Å². The maximum absolute atomic E-state index is 12.8. The molecule has 0 aliphatic carbocycles. The molecular formula is C15H18Cl2F6N2. The van der Waals surface area contributed by atoms with E-state index in [-0.39, 0.29) is 18.8 Å². The van der Waals surface area contributed by atoms with Crippen LogP contribution in [0.15, 0.2) is 18.2 Å². The number of nitrogens with zero attached hydrogens (tertiary/aromatic N) is 1. The highest BCUT2D eigenvalue weighted by Crippen LogP contribution is 2.38. The van der Waals surface area contributed by atoms with Gasteiger partial charge in [-0.05, 0) is 24.1 Å². The Bertz CT molecular complexity index is 556. The molecule has 1 saturated heterocycles.